The summed E-state index contributed by atoms with van der Waals surface area (Å²) in [5.74, 6) is 0.460. The van der Waals surface area contributed by atoms with Crippen molar-refractivity contribution in [2.45, 2.75) is 19.9 Å². The van der Waals surface area contributed by atoms with Gasteiger partial charge < -0.3 is 15.2 Å². The molecule has 0 spiro atoms. The summed E-state index contributed by atoms with van der Waals surface area (Å²) in [6.07, 6.45) is 4.22. The molecule has 0 radical (unpaired) electrons. The summed E-state index contributed by atoms with van der Waals surface area (Å²) in [4.78, 5) is 16.0. The van der Waals surface area contributed by atoms with E-state index in [0.29, 0.717) is 12.2 Å². The summed E-state index contributed by atoms with van der Waals surface area (Å²) in [6.45, 7) is 3.77. The lowest BCUT2D eigenvalue weighted by Crippen LogP contribution is -2.31. The van der Waals surface area contributed by atoms with E-state index in [0.717, 1.165) is 30.9 Å². The van der Waals surface area contributed by atoms with Crippen LogP contribution in [0.2, 0.25) is 0 Å². The predicted molar refractivity (Wildman–Crippen MR) is 95.6 cm³/mol. The van der Waals surface area contributed by atoms with E-state index >= 15 is 0 Å². The highest BCUT2D eigenvalue weighted by Crippen LogP contribution is 2.17. The number of imidazole rings is 1. The molecule has 3 rings (SSSR count). The van der Waals surface area contributed by atoms with Crippen LogP contribution in [0.25, 0.3) is 5.69 Å². The number of benzene rings is 1. The van der Waals surface area contributed by atoms with Gasteiger partial charge in [0.05, 0.1) is 11.6 Å². The van der Waals surface area contributed by atoms with Gasteiger partial charge in [0.25, 0.3) is 0 Å². The lowest BCUT2D eigenvalue weighted by atomic mass is 10.1. The van der Waals surface area contributed by atoms with Gasteiger partial charge in [-0.05, 0) is 37.6 Å². The molecule has 1 aliphatic rings. The van der Waals surface area contributed by atoms with Gasteiger partial charge in [-0.1, -0.05) is 6.07 Å². The van der Waals surface area contributed by atoms with E-state index in [4.69, 9.17) is 0 Å². The first kappa shape index (κ1) is 20.4. The number of carbonyl (C=O) groups excluding carboxylic acids is 1. The minimum absolute atomic E-state index is 0. The Labute approximate surface area is 152 Å². The number of nitrogens with one attached hydrogen (secondary N) is 2. The predicted octanol–water partition coefficient (Wildman–Crippen LogP) is 2.39. The van der Waals surface area contributed by atoms with Crippen molar-refractivity contribution in [2.24, 2.45) is 5.92 Å². The number of hydrogen-bond donors (Lipinski definition) is 2. The molecule has 8 heteroatoms. The fourth-order valence-corrected chi connectivity index (χ4v) is 2.70. The van der Waals surface area contributed by atoms with Crippen LogP contribution in [0.1, 0.15) is 17.8 Å². The summed E-state index contributed by atoms with van der Waals surface area (Å²) < 4.78 is 15.9. The third kappa shape index (κ3) is 4.47. The third-order valence-electron chi connectivity index (χ3n) is 4.00. The average molecular weight is 375 g/mol. The monoisotopic (exact) mass is 374 g/mol. The second-order valence-electron chi connectivity index (χ2n) is 5.54. The van der Waals surface area contributed by atoms with Gasteiger partial charge in [-0.2, -0.15) is 0 Å². The van der Waals surface area contributed by atoms with Gasteiger partial charge in [0.2, 0.25) is 5.91 Å². The van der Waals surface area contributed by atoms with E-state index in [2.05, 4.69) is 15.6 Å². The molecule has 1 saturated heterocycles. The van der Waals surface area contributed by atoms with Gasteiger partial charge in [-0.3, -0.25) is 4.79 Å². The lowest BCUT2D eigenvalue weighted by Gasteiger charge is -2.11. The van der Waals surface area contributed by atoms with Crippen LogP contribution in [0.15, 0.2) is 30.6 Å². The highest BCUT2D eigenvalue weighted by atomic mass is 35.5. The second-order valence-corrected chi connectivity index (χ2v) is 5.54. The molecule has 5 nitrogen and oxygen atoms in total. The Kier molecular flexibility index (Phi) is 7.66. The number of halogens is 3. The van der Waals surface area contributed by atoms with Crippen LogP contribution in [0, 0.1) is 18.7 Å². The summed E-state index contributed by atoms with van der Waals surface area (Å²) in [5, 5.41) is 6.03. The maximum Gasteiger partial charge on any atom is 0.224 e. The van der Waals surface area contributed by atoms with Gasteiger partial charge in [0, 0.05) is 25.5 Å². The molecule has 0 bridgehead atoms. The SMILES string of the molecule is Cc1nccn1-c1ccc(CNC(=O)C2CCNC2)cc1F.Cl.Cl. The van der Waals surface area contributed by atoms with Crippen LogP contribution < -0.4 is 10.6 Å². The Morgan fingerprint density at radius 2 is 2.25 bits per heavy atom. The molecule has 0 aliphatic carbocycles. The molecule has 132 valence electrons. The van der Waals surface area contributed by atoms with E-state index < -0.39 is 0 Å². The first-order valence-electron chi connectivity index (χ1n) is 7.42. The van der Waals surface area contributed by atoms with E-state index in [1.807, 2.05) is 13.0 Å². The van der Waals surface area contributed by atoms with Crippen molar-refractivity contribution in [1.29, 1.82) is 0 Å². The zero-order valence-electron chi connectivity index (χ0n) is 13.3. The van der Waals surface area contributed by atoms with E-state index in [1.54, 1.807) is 23.0 Å². The maximum atomic E-state index is 14.2. The Bertz CT molecular complexity index is 686. The number of aryl methyl sites for hydroxylation is 1. The van der Waals surface area contributed by atoms with Crippen molar-refractivity contribution >= 4 is 30.7 Å². The van der Waals surface area contributed by atoms with Crippen molar-refractivity contribution in [2.75, 3.05) is 13.1 Å². The molecule has 1 aliphatic heterocycles. The highest BCUT2D eigenvalue weighted by Gasteiger charge is 2.21. The zero-order chi connectivity index (χ0) is 15.5. The van der Waals surface area contributed by atoms with Crippen molar-refractivity contribution < 1.29 is 9.18 Å². The topological polar surface area (TPSA) is 59.0 Å². The van der Waals surface area contributed by atoms with Gasteiger partial charge in [-0.15, -0.1) is 24.8 Å². The molecule has 1 amide bonds. The minimum atomic E-state index is -0.324. The molecule has 1 unspecified atom stereocenters. The van der Waals surface area contributed by atoms with Crippen LogP contribution >= 0.6 is 24.8 Å². The second kappa shape index (κ2) is 9.01. The van der Waals surface area contributed by atoms with Crippen LogP contribution in [-0.4, -0.2) is 28.5 Å². The number of aromatic nitrogens is 2. The number of nitrogens with zero attached hydrogens (tertiary/aromatic N) is 2. The third-order valence-corrected chi connectivity index (χ3v) is 4.00. The smallest absolute Gasteiger partial charge is 0.224 e. The van der Waals surface area contributed by atoms with Gasteiger partial charge in [0.15, 0.2) is 0 Å². The largest absolute Gasteiger partial charge is 0.352 e. The number of carbonyl (C=O) groups is 1. The first-order chi connectivity index (χ1) is 10.6. The van der Waals surface area contributed by atoms with Crippen LogP contribution in [0.5, 0.6) is 0 Å². The lowest BCUT2D eigenvalue weighted by molar-refractivity contribution is -0.124. The summed E-state index contributed by atoms with van der Waals surface area (Å²) in [5.41, 5.74) is 1.21. The molecular formula is C16H21Cl2FN4O. The average Bonchev–Trinajstić information content (AvgIpc) is 3.16. The molecule has 1 aromatic heterocycles. The van der Waals surface area contributed by atoms with Crippen molar-refractivity contribution in [3.63, 3.8) is 0 Å². The summed E-state index contributed by atoms with van der Waals surface area (Å²) in [6, 6.07) is 5.00. The molecule has 2 aromatic rings. The Hall–Kier alpha value is -1.63. The van der Waals surface area contributed by atoms with Crippen LogP contribution in [-0.2, 0) is 11.3 Å². The van der Waals surface area contributed by atoms with Gasteiger partial charge in [0.1, 0.15) is 11.6 Å². The van der Waals surface area contributed by atoms with Crippen molar-refractivity contribution in [3.05, 3.63) is 47.8 Å². The Balaban J connectivity index is 0.00000144. The van der Waals surface area contributed by atoms with Gasteiger partial charge in [-0.25, -0.2) is 9.37 Å². The Morgan fingerprint density at radius 1 is 1.46 bits per heavy atom. The van der Waals surface area contributed by atoms with E-state index in [9.17, 15) is 9.18 Å². The molecule has 24 heavy (non-hydrogen) atoms. The normalized spacial score (nSPS) is 16.2. The molecule has 1 atom stereocenters. The molecule has 0 saturated carbocycles. The quantitative estimate of drug-likeness (QED) is 0.863. The highest BCUT2D eigenvalue weighted by molar-refractivity contribution is 5.85. The molecule has 1 fully saturated rings. The number of hydrogen-bond acceptors (Lipinski definition) is 3. The van der Waals surface area contributed by atoms with E-state index in [1.165, 1.54) is 6.07 Å². The number of rotatable bonds is 4. The molecule has 2 heterocycles. The standard InChI is InChI=1S/C16H19FN4O.2ClH/c1-11-19-6-7-21(11)15-3-2-12(8-14(15)17)9-20-16(22)13-4-5-18-10-13;;/h2-3,6-8,13,18H,4-5,9-10H2,1H3,(H,20,22);2*1H. The Morgan fingerprint density at radius 3 is 2.83 bits per heavy atom. The van der Waals surface area contributed by atoms with Crippen molar-refractivity contribution in [3.8, 4) is 5.69 Å². The van der Waals surface area contributed by atoms with E-state index in [-0.39, 0.29) is 42.5 Å². The molecule has 1 aromatic carbocycles. The summed E-state index contributed by atoms with van der Waals surface area (Å²) in [7, 11) is 0. The fourth-order valence-electron chi connectivity index (χ4n) is 2.70. The van der Waals surface area contributed by atoms with Gasteiger partial charge >= 0.3 is 0 Å². The maximum absolute atomic E-state index is 14.2. The van der Waals surface area contributed by atoms with Crippen LogP contribution in [0.3, 0.4) is 0 Å². The fraction of sp³-hybridized carbons (Fsp3) is 0.375. The first-order valence-corrected chi connectivity index (χ1v) is 7.42. The minimum Gasteiger partial charge on any atom is -0.352 e. The van der Waals surface area contributed by atoms with Crippen molar-refractivity contribution in [1.82, 2.24) is 20.2 Å². The number of amides is 1. The molecular weight excluding hydrogens is 354 g/mol. The molecule has 2 N–H and O–H groups in total. The zero-order valence-corrected chi connectivity index (χ0v) is 14.9. The van der Waals surface area contributed by atoms with Crippen LogP contribution in [0.4, 0.5) is 4.39 Å². The summed E-state index contributed by atoms with van der Waals surface area (Å²) >= 11 is 0.